The van der Waals surface area contributed by atoms with Crippen LogP contribution < -0.4 is 9.80 Å². The number of hydrogen-bond donors (Lipinski definition) is 1. The first-order valence-electron chi connectivity index (χ1n) is 9.87. The normalized spacial score (nSPS) is 26.1. The van der Waals surface area contributed by atoms with E-state index in [4.69, 9.17) is 0 Å². The van der Waals surface area contributed by atoms with Crippen molar-refractivity contribution in [2.75, 3.05) is 13.6 Å². The van der Waals surface area contributed by atoms with E-state index in [1.807, 2.05) is 36.3 Å². The largest absolute Gasteiger partial charge is 0.343 e. The lowest BCUT2D eigenvalue weighted by Gasteiger charge is -2.29. The summed E-state index contributed by atoms with van der Waals surface area (Å²) in [4.78, 5) is 13.7. The molecule has 2 atom stereocenters. The van der Waals surface area contributed by atoms with Gasteiger partial charge in [0, 0.05) is 36.0 Å². The number of aryl methyl sites for hydroxylation is 1. The molecular formula is C23H25N4O+. The Morgan fingerprint density at radius 3 is 2.61 bits per heavy atom. The van der Waals surface area contributed by atoms with E-state index in [0.717, 1.165) is 47.3 Å². The van der Waals surface area contributed by atoms with Crippen LogP contribution >= 0.6 is 0 Å². The van der Waals surface area contributed by atoms with Gasteiger partial charge in [0.1, 0.15) is 12.2 Å². The lowest BCUT2D eigenvalue weighted by molar-refractivity contribution is -0.134. The maximum absolute atomic E-state index is 13.7. The highest BCUT2D eigenvalue weighted by Gasteiger charge is 2.61. The van der Waals surface area contributed by atoms with Crippen molar-refractivity contribution in [1.82, 2.24) is 19.6 Å². The van der Waals surface area contributed by atoms with Crippen LogP contribution in [-0.4, -0.2) is 29.3 Å². The molecule has 1 aromatic heterocycles. The van der Waals surface area contributed by atoms with E-state index in [2.05, 4.69) is 53.9 Å². The molecular weight excluding hydrogens is 348 g/mol. The maximum Gasteiger partial charge on any atom is 0.343 e. The molecule has 2 aliphatic heterocycles. The van der Waals surface area contributed by atoms with Crippen LogP contribution in [0.2, 0.25) is 0 Å². The van der Waals surface area contributed by atoms with Crippen LogP contribution in [0.25, 0.3) is 11.1 Å². The molecule has 5 nitrogen and oxygen atoms in total. The molecule has 1 amide bonds. The number of hydrogen-bond acceptors (Lipinski definition) is 3. The Morgan fingerprint density at radius 1 is 1.14 bits per heavy atom. The van der Waals surface area contributed by atoms with Crippen molar-refractivity contribution in [2.45, 2.75) is 24.9 Å². The van der Waals surface area contributed by atoms with Gasteiger partial charge in [-0.3, -0.25) is 10.00 Å². The molecule has 5 heteroatoms. The van der Waals surface area contributed by atoms with Crippen LogP contribution in [0, 0.1) is 0 Å². The second kappa shape index (κ2) is 6.12. The van der Waals surface area contributed by atoms with E-state index < -0.39 is 5.54 Å². The van der Waals surface area contributed by atoms with Crippen LogP contribution in [0.5, 0.6) is 0 Å². The van der Waals surface area contributed by atoms with Crippen molar-refractivity contribution < 1.29 is 4.79 Å². The summed E-state index contributed by atoms with van der Waals surface area (Å²) in [5.41, 5.74) is 5.17. The molecule has 2 aromatic carbocycles. The summed E-state index contributed by atoms with van der Waals surface area (Å²) < 4.78 is 2.12. The number of aromatic nitrogens is 2. The van der Waals surface area contributed by atoms with Crippen molar-refractivity contribution in [3.05, 3.63) is 72.1 Å². The predicted molar refractivity (Wildman–Crippen MR) is 110 cm³/mol. The number of carbonyl (C=O) groups is 1. The Labute approximate surface area is 165 Å². The molecule has 0 radical (unpaired) electrons. The van der Waals surface area contributed by atoms with Gasteiger partial charge in [-0.1, -0.05) is 42.5 Å². The van der Waals surface area contributed by atoms with Crippen LogP contribution in [0.3, 0.4) is 0 Å². The minimum Gasteiger partial charge on any atom is -0.296 e. The third-order valence-electron chi connectivity index (χ3n) is 6.36. The fourth-order valence-electron chi connectivity index (χ4n) is 4.96. The summed E-state index contributed by atoms with van der Waals surface area (Å²) in [6, 6.07) is 16.8. The van der Waals surface area contributed by atoms with E-state index in [9.17, 15) is 4.79 Å². The van der Waals surface area contributed by atoms with Gasteiger partial charge in [0.15, 0.2) is 5.54 Å². The van der Waals surface area contributed by atoms with E-state index in [1.165, 1.54) is 0 Å². The van der Waals surface area contributed by atoms with E-state index in [-0.39, 0.29) is 5.91 Å². The zero-order valence-electron chi connectivity index (χ0n) is 16.4. The second-order valence-electron chi connectivity index (χ2n) is 8.21. The van der Waals surface area contributed by atoms with Gasteiger partial charge >= 0.3 is 5.91 Å². The van der Waals surface area contributed by atoms with Gasteiger partial charge in [0.25, 0.3) is 0 Å². The Bertz CT molecular complexity index is 1050. The molecule has 28 heavy (non-hydrogen) atoms. The second-order valence-corrected chi connectivity index (χ2v) is 8.21. The molecule has 1 spiro atoms. The van der Waals surface area contributed by atoms with Gasteiger partial charge < -0.3 is 0 Å². The zero-order chi connectivity index (χ0) is 19.4. The molecule has 142 valence electrons. The standard InChI is InChI=1S/C23H25N4O/c1-26-15-19(14-25-26)18-10-8-17(9-11-18)16-27(2)21-7-4-3-6-20(21)23(22(27)28)12-5-13-24-23/h3-4,6-11,14-15,24H,5,12-13,16H2,1-2H3/q+1. The van der Waals surface area contributed by atoms with E-state index in [0.29, 0.717) is 11.0 Å². The summed E-state index contributed by atoms with van der Waals surface area (Å²) in [6.07, 6.45) is 5.81. The molecule has 5 rings (SSSR count). The SMILES string of the molecule is Cn1cc(-c2ccc(C[N+]3(C)C(=O)C4(CCCN4)c4ccccc43)cc2)cn1. The minimum absolute atomic E-state index is 0.266. The zero-order valence-corrected chi connectivity index (χ0v) is 16.4. The monoisotopic (exact) mass is 373 g/mol. The highest BCUT2D eigenvalue weighted by Crippen LogP contribution is 2.48. The first-order chi connectivity index (χ1) is 13.5. The van der Waals surface area contributed by atoms with Crippen LogP contribution in [0.4, 0.5) is 5.69 Å². The quantitative estimate of drug-likeness (QED) is 0.717. The van der Waals surface area contributed by atoms with Gasteiger partial charge in [0.05, 0.1) is 13.2 Å². The number of amides is 1. The van der Waals surface area contributed by atoms with Crippen molar-refractivity contribution in [2.24, 2.45) is 7.05 Å². The lowest BCUT2D eigenvalue weighted by atomic mass is 9.90. The molecule has 2 unspecified atom stereocenters. The van der Waals surface area contributed by atoms with Gasteiger partial charge in [-0.2, -0.15) is 5.10 Å². The smallest absolute Gasteiger partial charge is 0.296 e. The summed E-state index contributed by atoms with van der Waals surface area (Å²) in [7, 11) is 3.98. The van der Waals surface area contributed by atoms with Crippen molar-refractivity contribution in [3.63, 3.8) is 0 Å². The lowest BCUT2D eigenvalue weighted by Crippen LogP contribution is -2.55. The Balaban J connectivity index is 1.50. The number of para-hydroxylation sites is 1. The summed E-state index contributed by atoms with van der Waals surface area (Å²) in [5.74, 6) is 0.266. The predicted octanol–water partition coefficient (Wildman–Crippen LogP) is 3.34. The fourth-order valence-corrected chi connectivity index (χ4v) is 4.96. The number of nitrogens with zero attached hydrogens (tertiary/aromatic N) is 3. The third kappa shape index (κ3) is 2.40. The molecule has 0 saturated carbocycles. The molecule has 1 saturated heterocycles. The molecule has 0 bridgehead atoms. The minimum atomic E-state index is -0.513. The van der Waals surface area contributed by atoms with Crippen molar-refractivity contribution in [1.29, 1.82) is 0 Å². The molecule has 1 fully saturated rings. The molecule has 2 aliphatic rings. The Morgan fingerprint density at radius 2 is 1.93 bits per heavy atom. The average molecular weight is 373 g/mol. The molecule has 1 N–H and O–H groups in total. The maximum atomic E-state index is 13.7. The molecule has 3 heterocycles. The topological polar surface area (TPSA) is 46.9 Å². The van der Waals surface area contributed by atoms with Crippen molar-refractivity contribution >= 4 is 11.6 Å². The van der Waals surface area contributed by atoms with Crippen LogP contribution in [0.15, 0.2) is 60.9 Å². The summed E-state index contributed by atoms with van der Waals surface area (Å²) >= 11 is 0. The summed E-state index contributed by atoms with van der Waals surface area (Å²) in [5, 5.41) is 7.78. The number of fused-ring (bicyclic) bond motifs is 2. The Hall–Kier alpha value is -2.76. The first-order valence-corrected chi connectivity index (χ1v) is 9.87. The fraction of sp³-hybridized carbons (Fsp3) is 0.304. The van der Waals surface area contributed by atoms with Gasteiger partial charge in [-0.15, -0.1) is 0 Å². The van der Waals surface area contributed by atoms with Gasteiger partial charge in [-0.25, -0.2) is 9.28 Å². The van der Waals surface area contributed by atoms with E-state index in [1.54, 1.807) is 0 Å². The molecule has 3 aromatic rings. The molecule has 0 aliphatic carbocycles. The van der Waals surface area contributed by atoms with Crippen LogP contribution in [0.1, 0.15) is 24.0 Å². The highest BCUT2D eigenvalue weighted by molar-refractivity contribution is 6.03. The summed E-state index contributed by atoms with van der Waals surface area (Å²) in [6.45, 7) is 1.56. The number of carbonyl (C=O) groups excluding carboxylic acids is 1. The van der Waals surface area contributed by atoms with Crippen LogP contribution in [-0.2, 0) is 23.9 Å². The number of likely N-dealkylation sites (N-methyl/N-ethyl adjacent to an activating group) is 1. The first kappa shape index (κ1) is 17.3. The number of quaternary nitrogens is 1. The van der Waals surface area contributed by atoms with E-state index >= 15 is 0 Å². The van der Waals surface area contributed by atoms with Crippen molar-refractivity contribution in [3.8, 4) is 11.1 Å². The number of nitrogens with one attached hydrogen (secondary N) is 1. The Kier molecular flexibility index (Phi) is 3.79. The van der Waals surface area contributed by atoms with Gasteiger partial charge in [0.2, 0.25) is 0 Å². The average Bonchev–Trinajstić information content (AvgIpc) is 3.41. The highest BCUT2D eigenvalue weighted by atomic mass is 16.2. The van der Waals surface area contributed by atoms with Gasteiger partial charge in [-0.05, 0) is 24.9 Å². The number of benzene rings is 2. The number of rotatable bonds is 3. The third-order valence-corrected chi connectivity index (χ3v) is 6.36.